The molecule has 1 atom stereocenters. The van der Waals surface area contributed by atoms with Gasteiger partial charge in [0, 0.05) is 36.9 Å². The monoisotopic (exact) mass is 434 g/mol. The van der Waals surface area contributed by atoms with Gasteiger partial charge < -0.3 is 15.0 Å². The molecule has 7 heteroatoms. The molecule has 0 aliphatic carbocycles. The molecule has 1 amide bonds. The van der Waals surface area contributed by atoms with Crippen LogP contribution in [0.25, 0.3) is 0 Å². The van der Waals surface area contributed by atoms with Gasteiger partial charge in [-0.2, -0.15) is 0 Å². The van der Waals surface area contributed by atoms with Gasteiger partial charge in [0.1, 0.15) is 10.8 Å². The highest BCUT2D eigenvalue weighted by molar-refractivity contribution is 7.99. The number of aromatic nitrogens is 2. The van der Waals surface area contributed by atoms with Gasteiger partial charge in [-0.3, -0.25) is 4.79 Å². The Bertz CT molecular complexity index is 1020. The van der Waals surface area contributed by atoms with E-state index < -0.39 is 0 Å². The SMILES string of the molecule is COc1cccc(CNC(=O)C2CCCN(c3nccnc3Sc3ccccc3)C2)c1. The minimum Gasteiger partial charge on any atom is -0.497 e. The number of carbonyl (C=O) groups is 1. The zero-order chi connectivity index (χ0) is 21.5. The summed E-state index contributed by atoms with van der Waals surface area (Å²) in [5.74, 6) is 1.65. The minimum atomic E-state index is -0.0732. The Hall–Kier alpha value is -3.06. The first-order chi connectivity index (χ1) is 15.2. The van der Waals surface area contributed by atoms with E-state index in [9.17, 15) is 4.79 Å². The molecule has 31 heavy (non-hydrogen) atoms. The van der Waals surface area contributed by atoms with Gasteiger partial charge in [0.15, 0.2) is 5.82 Å². The van der Waals surface area contributed by atoms with Crippen LogP contribution < -0.4 is 15.0 Å². The lowest BCUT2D eigenvalue weighted by atomic mass is 9.97. The molecule has 160 valence electrons. The highest BCUT2D eigenvalue weighted by Crippen LogP contribution is 2.33. The van der Waals surface area contributed by atoms with Gasteiger partial charge in [0.25, 0.3) is 0 Å². The molecule has 3 aromatic rings. The van der Waals surface area contributed by atoms with Crippen molar-refractivity contribution in [2.45, 2.75) is 29.3 Å². The quantitative estimate of drug-likeness (QED) is 0.602. The topological polar surface area (TPSA) is 67.3 Å². The number of hydrogen-bond acceptors (Lipinski definition) is 6. The Morgan fingerprint density at radius 1 is 1.16 bits per heavy atom. The highest BCUT2D eigenvalue weighted by atomic mass is 32.2. The Labute approximate surface area is 187 Å². The summed E-state index contributed by atoms with van der Waals surface area (Å²) in [5, 5.41) is 3.95. The second-order valence-electron chi connectivity index (χ2n) is 7.45. The number of amides is 1. The number of carbonyl (C=O) groups excluding carboxylic acids is 1. The summed E-state index contributed by atoms with van der Waals surface area (Å²) in [6.07, 6.45) is 5.26. The van der Waals surface area contributed by atoms with Gasteiger partial charge in [-0.1, -0.05) is 42.1 Å². The van der Waals surface area contributed by atoms with E-state index in [0.29, 0.717) is 13.1 Å². The molecule has 0 bridgehead atoms. The molecule has 2 aromatic carbocycles. The molecule has 1 aliphatic rings. The van der Waals surface area contributed by atoms with Crippen LogP contribution in [0.3, 0.4) is 0 Å². The molecular weight excluding hydrogens is 408 g/mol. The Balaban J connectivity index is 1.41. The number of nitrogens with one attached hydrogen (secondary N) is 1. The predicted molar refractivity (Wildman–Crippen MR) is 122 cm³/mol. The van der Waals surface area contributed by atoms with Crippen molar-refractivity contribution >= 4 is 23.5 Å². The fourth-order valence-corrected chi connectivity index (χ4v) is 4.61. The summed E-state index contributed by atoms with van der Waals surface area (Å²) in [7, 11) is 1.64. The maximum Gasteiger partial charge on any atom is 0.225 e. The van der Waals surface area contributed by atoms with Crippen LogP contribution in [0, 0.1) is 5.92 Å². The number of methoxy groups -OCH3 is 1. The lowest BCUT2D eigenvalue weighted by molar-refractivity contribution is -0.125. The largest absolute Gasteiger partial charge is 0.497 e. The summed E-state index contributed by atoms with van der Waals surface area (Å²) < 4.78 is 5.26. The van der Waals surface area contributed by atoms with E-state index in [1.807, 2.05) is 42.5 Å². The van der Waals surface area contributed by atoms with E-state index in [0.717, 1.165) is 46.4 Å². The summed E-state index contributed by atoms with van der Waals surface area (Å²) in [4.78, 5) is 25.3. The van der Waals surface area contributed by atoms with Crippen molar-refractivity contribution in [2.24, 2.45) is 5.92 Å². The van der Waals surface area contributed by atoms with Crippen LogP contribution in [0.2, 0.25) is 0 Å². The first kappa shape index (κ1) is 21.2. The number of piperidine rings is 1. The number of ether oxygens (including phenoxy) is 1. The van der Waals surface area contributed by atoms with Gasteiger partial charge in [0.05, 0.1) is 13.0 Å². The predicted octanol–water partition coefficient (Wildman–Crippen LogP) is 4.17. The smallest absolute Gasteiger partial charge is 0.225 e. The van der Waals surface area contributed by atoms with Gasteiger partial charge in [-0.05, 0) is 42.7 Å². The number of hydrogen-bond donors (Lipinski definition) is 1. The molecule has 1 N–H and O–H groups in total. The Morgan fingerprint density at radius 2 is 2.00 bits per heavy atom. The Morgan fingerprint density at radius 3 is 2.84 bits per heavy atom. The van der Waals surface area contributed by atoms with Crippen molar-refractivity contribution < 1.29 is 9.53 Å². The fraction of sp³-hybridized carbons (Fsp3) is 0.292. The third-order valence-corrected chi connectivity index (χ3v) is 6.29. The van der Waals surface area contributed by atoms with Crippen molar-refractivity contribution in [1.29, 1.82) is 0 Å². The fourth-order valence-electron chi connectivity index (χ4n) is 3.71. The van der Waals surface area contributed by atoms with Crippen LogP contribution in [0.1, 0.15) is 18.4 Å². The molecular formula is C24H26N4O2S. The molecule has 1 unspecified atom stereocenters. The molecule has 0 saturated carbocycles. The van der Waals surface area contributed by atoms with Gasteiger partial charge in [0.2, 0.25) is 5.91 Å². The number of rotatable bonds is 7. The normalized spacial score (nSPS) is 16.0. The van der Waals surface area contributed by atoms with Crippen LogP contribution in [0.5, 0.6) is 5.75 Å². The standard InChI is InChI=1S/C24H26N4O2S/c1-30-20-9-5-7-18(15-20)16-27-23(29)19-8-6-14-28(17-19)22-24(26-13-12-25-22)31-21-10-3-2-4-11-21/h2-5,7,9-13,15,19H,6,8,14,16-17H2,1H3,(H,27,29). The molecule has 1 fully saturated rings. The molecule has 4 rings (SSSR count). The average molecular weight is 435 g/mol. The van der Waals surface area contributed by atoms with E-state index in [-0.39, 0.29) is 11.8 Å². The summed E-state index contributed by atoms with van der Waals surface area (Å²) in [6.45, 7) is 2.01. The van der Waals surface area contributed by atoms with Crippen molar-refractivity contribution in [3.05, 3.63) is 72.6 Å². The number of benzene rings is 2. The Kier molecular flexibility index (Phi) is 7.04. The van der Waals surface area contributed by atoms with Crippen LogP contribution in [0.4, 0.5) is 5.82 Å². The lowest BCUT2D eigenvalue weighted by Crippen LogP contribution is -2.43. The molecule has 1 aromatic heterocycles. The molecule has 1 saturated heterocycles. The van der Waals surface area contributed by atoms with Crippen molar-refractivity contribution in [1.82, 2.24) is 15.3 Å². The van der Waals surface area contributed by atoms with Crippen LogP contribution in [0.15, 0.2) is 76.9 Å². The lowest BCUT2D eigenvalue weighted by Gasteiger charge is -2.33. The summed E-state index contributed by atoms with van der Waals surface area (Å²) in [6, 6.07) is 17.9. The van der Waals surface area contributed by atoms with Crippen molar-refractivity contribution in [3.63, 3.8) is 0 Å². The maximum atomic E-state index is 12.9. The third kappa shape index (κ3) is 5.55. The second-order valence-corrected chi connectivity index (χ2v) is 8.52. The number of anilines is 1. The van der Waals surface area contributed by atoms with E-state index in [1.165, 1.54) is 0 Å². The zero-order valence-corrected chi connectivity index (χ0v) is 18.3. The van der Waals surface area contributed by atoms with E-state index >= 15 is 0 Å². The van der Waals surface area contributed by atoms with Gasteiger partial charge in [-0.15, -0.1) is 0 Å². The highest BCUT2D eigenvalue weighted by Gasteiger charge is 2.28. The van der Waals surface area contributed by atoms with E-state index in [4.69, 9.17) is 4.74 Å². The summed E-state index contributed by atoms with van der Waals surface area (Å²) in [5.41, 5.74) is 1.02. The molecule has 0 spiro atoms. The first-order valence-corrected chi connectivity index (χ1v) is 11.2. The van der Waals surface area contributed by atoms with Gasteiger partial charge >= 0.3 is 0 Å². The second kappa shape index (κ2) is 10.3. The molecule has 2 heterocycles. The minimum absolute atomic E-state index is 0.0732. The summed E-state index contributed by atoms with van der Waals surface area (Å²) >= 11 is 1.60. The molecule has 0 radical (unpaired) electrons. The molecule has 1 aliphatic heterocycles. The molecule has 6 nitrogen and oxygen atoms in total. The van der Waals surface area contributed by atoms with Crippen molar-refractivity contribution in [3.8, 4) is 5.75 Å². The van der Waals surface area contributed by atoms with Crippen LogP contribution in [-0.2, 0) is 11.3 Å². The van der Waals surface area contributed by atoms with Gasteiger partial charge in [-0.25, -0.2) is 9.97 Å². The third-order valence-electron chi connectivity index (χ3n) is 5.30. The average Bonchev–Trinajstić information content (AvgIpc) is 2.84. The van der Waals surface area contributed by atoms with Crippen molar-refractivity contribution in [2.75, 3.05) is 25.1 Å². The van der Waals surface area contributed by atoms with E-state index in [1.54, 1.807) is 31.3 Å². The number of nitrogens with zero attached hydrogens (tertiary/aromatic N) is 3. The maximum absolute atomic E-state index is 12.9. The van der Waals surface area contributed by atoms with Crippen LogP contribution in [-0.4, -0.2) is 36.1 Å². The first-order valence-electron chi connectivity index (χ1n) is 10.4. The zero-order valence-electron chi connectivity index (χ0n) is 17.5. The van der Waals surface area contributed by atoms with Crippen LogP contribution >= 0.6 is 11.8 Å². The van der Waals surface area contributed by atoms with E-state index in [2.05, 4.69) is 32.3 Å².